The van der Waals surface area contributed by atoms with Gasteiger partial charge in [-0.3, -0.25) is 13.9 Å². The number of aryl methyl sites for hydroxylation is 1. The number of sulfonamides is 1. The molecule has 0 saturated heterocycles. The van der Waals surface area contributed by atoms with Crippen LogP contribution in [0, 0.1) is 11.3 Å². The molecule has 3 rings (SSSR count). The van der Waals surface area contributed by atoms with Crippen LogP contribution < -0.4 is 16.0 Å². The van der Waals surface area contributed by atoms with Crippen LogP contribution in [-0.2, 0) is 24.1 Å². The maximum atomic E-state index is 12.4. The van der Waals surface area contributed by atoms with E-state index in [0.717, 1.165) is 4.57 Å². The van der Waals surface area contributed by atoms with Crippen molar-refractivity contribution in [1.82, 2.24) is 13.9 Å². The molecule has 0 amide bonds. The third-order valence-corrected chi connectivity index (χ3v) is 5.58. The molecule has 1 aliphatic rings. The van der Waals surface area contributed by atoms with Crippen molar-refractivity contribution in [2.45, 2.75) is 23.3 Å². The molecule has 0 bridgehead atoms. The Kier molecular flexibility index (Phi) is 3.21. The Balaban J connectivity index is 2.20. The summed E-state index contributed by atoms with van der Waals surface area (Å²) in [5.41, 5.74) is -1.75. The molecule has 1 heterocycles. The highest BCUT2D eigenvalue weighted by atomic mass is 32.2. The first-order valence-corrected chi connectivity index (χ1v) is 8.34. The minimum absolute atomic E-state index is 0.109. The summed E-state index contributed by atoms with van der Waals surface area (Å²) in [5.74, 6) is 0. The predicted octanol–water partition coefficient (Wildman–Crippen LogP) is -0.428. The van der Waals surface area contributed by atoms with E-state index in [1.165, 1.54) is 36.9 Å². The van der Waals surface area contributed by atoms with Crippen molar-refractivity contribution in [1.29, 1.82) is 5.26 Å². The first-order chi connectivity index (χ1) is 10.7. The monoisotopic (exact) mass is 334 g/mol. The normalized spacial score (nSPS) is 16.2. The number of hydrogen-bond acceptors (Lipinski definition) is 5. The number of rotatable bonds is 3. The molecule has 23 heavy (non-hydrogen) atoms. The van der Waals surface area contributed by atoms with Gasteiger partial charge in [0.05, 0.1) is 21.9 Å². The van der Waals surface area contributed by atoms with Crippen LogP contribution in [0.4, 0.5) is 0 Å². The Bertz CT molecular complexity index is 1080. The third-order valence-electron chi connectivity index (χ3n) is 4.04. The van der Waals surface area contributed by atoms with Crippen LogP contribution >= 0.6 is 0 Å². The molecule has 0 spiro atoms. The Hall–Kier alpha value is -2.44. The van der Waals surface area contributed by atoms with Crippen LogP contribution in [0.25, 0.3) is 10.9 Å². The average molecular weight is 334 g/mol. The Labute approximate surface area is 131 Å². The first-order valence-electron chi connectivity index (χ1n) is 6.86. The van der Waals surface area contributed by atoms with Crippen molar-refractivity contribution in [2.24, 2.45) is 14.1 Å². The molecule has 1 aromatic carbocycles. The van der Waals surface area contributed by atoms with Gasteiger partial charge in [-0.2, -0.15) is 9.98 Å². The van der Waals surface area contributed by atoms with Gasteiger partial charge in [-0.25, -0.2) is 13.2 Å². The lowest BCUT2D eigenvalue weighted by Crippen LogP contribution is -2.37. The van der Waals surface area contributed by atoms with Gasteiger partial charge in [-0.15, -0.1) is 0 Å². The SMILES string of the molecule is Cn1c(=O)c2cc(S(=O)(=O)NC3(C#N)CC3)ccc2n(C)c1=O. The second kappa shape index (κ2) is 4.78. The molecule has 0 aliphatic heterocycles. The standard InChI is InChI=1S/C14H14N4O4S/c1-17-11-4-3-9(7-10(11)12(19)18(2)13(17)20)23(21,22)16-14(8-15)5-6-14/h3-4,7,16H,5-6H2,1-2H3. The lowest BCUT2D eigenvalue weighted by Gasteiger charge is -2.12. The predicted molar refractivity (Wildman–Crippen MR) is 82.3 cm³/mol. The molecule has 0 atom stereocenters. The summed E-state index contributed by atoms with van der Waals surface area (Å²) in [6, 6.07) is 5.91. The summed E-state index contributed by atoms with van der Waals surface area (Å²) in [4.78, 5) is 24.0. The fraction of sp³-hybridized carbons (Fsp3) is 0.357. The van der Waals surface area contributed by atoms with Crippen molar-refractivity contribution in [3.63, 3.8) is 0 Å². The van der Waals surface area contributed by atoms with E-state index in [0.29, 0.717) is 18.4 Å². The third kappa shape index (κ3) is 2.36. The van der Waals surface area contributed by atoms with Crippen molar-refractivity contribution >= 4 is 20.9 Å². The summed E-state index contributed by atoms with van der Waals surface area (Å²) in [7, 11) is -1.08. The summed E-state index contributed by atoms with van der Waals surface area (Å²) in [6.07, 6.45) is 0.930. The molecular formula is C14H14N4O4S. The number of benzene rings is 1. The highest BCUT2D eigenvalue weighted by Crippen LogP contribution is 2.36. The molecule has 0 radical (unpaired) electrons. The molecular weight excluding hydrogens is 320 g/mol. The molecule has 1 aromatic heterocycles. The van der Waals surface area contributed by atoms with Gasteiger partial charge in [0.2, 0.25) is 10.0 Å². The van der Waals surface area contributed by atoms with Gasteiger partial charge < -0.3 is 0 Å². The number of fused-ring (bicyclic) bond motifs is 1. The van der Waals surface area contributed by atoms with E-state index in [1.807, 2.05) is 6.07 Å². The van der Waals surface area contributed by atoms with Crippen LogP contribution in [0.5, 0.6) is 0 Å². The van der Waals surface area contributed by atoms with Crippen LogP contribution in [-0.4, -0.2) is 23.1 Å². The van der Waals surface area contributed by atoms with Gasteiger partial charge >= 0.3 is 5.69 Å². The zero-order chi connectivity index (χ0) is 17.0. The second-order valence-electron chi connectivity index (χ2n) is 5.68. The lowest BCUT2D eigenvalue weighted by atomic mass is 10.2. The number of nitrogens with zero attached hydrogens (tertiary/aromatic N) is 3. The summed E-state index contributed by atoms with van der Waals surface area (Å²) in [6.45, 7) is 0. The van der Waals surface area contributed by atoms with Gasteiger partial charge in [0, 0.05) is 14.1 Å². The molecule has 1 N–H and O–H groups in total. The summed E-state index contributed by atoms with van der Waals surface area (Å²) in [5, 5.41) is 9.14. The molecule has 9 heteroatoms. The highest BCUT2D eigenvalue weighted by molar-refractivity contribution is 7.89. The van der Waals surface area contributed by atoms with Crippen molar-refractivity contribution < 1.29 is 8.42 Å². The van der Waals surface area contributed by atoms with E-state index in [-0.39, 0.29) is 10.3 Å². The summed E-state index contributed by atoms with van der Waals surface area (Å²) < 4.78 is 29.4. The minimum atomic E-state index is -3.92. The largest absolute Gasteiger partial charge is 0.330 e. The smallest absolute Gasteiger partial charge is 0.296 e. The van der Waals surface area contributed by atoms with Crippen molar-refractivity contribution in [3.8, 4) is 6.07 Å². The minimum Gasteiger partial charge on any atom is -0.296 e. The number of nitriles is 1. The molecule has 1 fully saturated rings. The van der Waals surface area contributed by atoms with E-state index < -0.39 is 26.8 Å². The molecule has 0 unspecified atom stereocenters. The van der Waals surface area contributed by atoms with Crippen LogP contribution in [0.2, 0.25) is 0 Å². The van der Waals surface area contributed by atoms with Crippen molar-refractivity contribution in [3.05, 3.63) is 39.0 Å². The Morgan fingerprint density at radius 2 is 1.87 bits per heavy atom. The lowest BCUT2D eigenvalue weighted by molar-refractivity contribution is 0.571. The zero-order valence-corrected chi connectivity index (χ0v) is 13.3. The van der Waals surface area contributed by atoms with Gasteiger partial charge in [0.25, 0.3) is 5.56 Å². The topological polar surface area (TPSA) is 114 Å². The van der Waals surface area contributed by atoms with Crippen LogP contribution in [0.1, 0.15) is 12.8 Å². The van der Waals surface area contributed by atoms with E-state index in [4.69, 9.17) is 5.26 Å². The Morgan fingerprint density at radius 3 is 2.43 bits per heavy atom. The second-order valence-corrected chi connectivity index (χ2v) is 7.37. The van der Waals surface area contributed by atoms with Crippen LogP contribution in [0.3, 0.4) is 0 Å². The van der Waals surface area contributed by atoms with E-state index in [2.05, 4.69) is 4.72 Å². The quantitative estimate of drug-likeness (QED) is 0.818. The fourth-order valence-electron chi connectivity index (χ4n) is 2.42. The van der Waals surface area contributed by atoms with Crippen LogP contribution in [0.15, 0.2) is 32.7 Å². The highest BCUT2D eigenvalue weighted by Gasteiger charge is 2.46. The van der Waals surface area contributed by atoms with Gasteiger partial charge in [0.15, 0.2) is 0 Å². The molecule has 120 valence electrons. The van der Waals surface area contributed by atoms with E-state index in [1.54, 1.807) is 0 Å². The zero-order valence-electron chi connectivity index (χ0n) is 12.5. The van der Waals surface area contributed by atoms with Crippen molar-refractivity contribution in [2.75, 3.05) is 0 Å². The number of hydrogen-bond donors (Lipinski definition) is 1. The van der Waals surface area contributed by atoms with E-state index >= 15 is 0 Å². The van der Waals surface area contributed by atoms with Gasteiger partial charge in [0.1, 0.15) is 5.54 Å². The summed E-state index contributed by atoms with van der Waals surface area (Å²) >= 11 is 0. The molecule has 1 saturated carbocycles. The Morgan fingerprint density at radius 1 is 1.22 bits per heavy atom. The number of nitrogens with one attached hydrogen (secondary N) is 1. The fourth-order valence-corrected chi connectivity index (χ4v) is 3.82. The first kappa shape index (κ1) is 15.5. The maximum Gasteiger partial charge on any atom is 0.330 e. The molecule has 1 aliphatic carbocycles. The average Bonchev–Trinajstić information content (AvgIpc) is 3.29. The molecule has 2 aromatic rings. The van der Waals surface area contributed by atoms with E-state index in [9.17, 15) is 18.0 Å². The maximum absolute atomic E-state index is 12.4. The molecule has 8 nitrogen and oxygen atoms in total. The van der Waals surface area contributed by atoms with Gasteiger partial charge in [-0.1, -0.05) is 0 Å². The number of aromatic nitrogens is 2. The van der Waals surface area contributed by atoms with Gasteiger partial charge in [-0.05, 0) is 31.0 Å².